The first-order valence-corrected chi connectivity index (χ1v) is 11.2. The maximum Gasteiger partial charge on any atom is 0.324 e. The number of pyridine rings is 1. The number of likely N-dealkylation sites (N-methyl/N-ethyl adjacent to an activating group) is 1. The highest BCUT2D eigenvalue weighted by Crippen LogP contribution is 2.23. The van der Waals surface area contributed by atoms with Crippen LogP contribution < -0.4 is 10.2 Å². The third-order valence-electron chi connectivity index (χ3n) is 5.53. The zero-order valence-electron chi connectivity index (χ0n) is 18.7. The fraction of sp³-hybridized carbons (Fsp3) is 0.391. The van der Waals surface area contributed by atoms with E-state index in [4.69, 9.17) is 11.6 Å². The van der Waals surface area contributed by atoms with E-state index < -0.39 is 24.7 Å². The monoisotopic (exact) mass is 493 g/mol. The molecule has 0 saturated carbocycles. The lowest BCUT2D eigenvalue weighted by Crippen LogP contribution is -2.52. The molecule has 1 fully saturated rings. The second-order valence-corrected chi connectivity index (χ2v) is 8.19. The summed E-state index contributed by atoms with van der Waals surface area (Å²) >= 11 is 6.16. The third kappa shape index (κ3) is 6.71. The number of ketones is 1. The molecule has 34 heavy (non-hydrogen) atoms. The van der Waals surface area contributed by atoms with E-state index in [9.17, 15) is 23.2 Å². The summed E-state index contributed by atoms with van der Waals surface area (Å²) in [5.74, 6) is -2.06. The normalized spacial score (nSPS) is 14.2. The van der Waals surface area contributed by atoms with Crippen LogP contribution in [-0.4, -0.2) is 78.2 Å². The van der Waals surface area contributed by atoms with Gasteiger partial charge in [-0.2, -0.15) is 8.78 Å². The van der Waals surface area contributed by atoms with Gasteiger partial charge in [0.1, 0.15) is 0 Å². The predicted molar refractivity (Wildman–Crippen MR) is 124 cm³/mol. The largest absolute Gasteiger partial charge is 0.344 e. The van der Waals surface area contributed by atoms with Crippen LogP contribution >= 0.6 is 11.6 Å². The summed E-state index contributed by atoms with van der Waals surface area (Å²) in [6, 6.07) is 9.87. The standard InChI is InChI=1S/C23H26ClF2N5O3/c1-2-29-8-10-30(11-9-29)23(34)31(19-5-3-4-17(24)12-19)15-18-7-6-16(13-27-18)20(32)14-28-22(33)21(25)26/h3-7,12-13,21H,2,8-11,14-15H2,1H3,(H,28,33). The quantitative estimate of drug-likeness (QED) is 0.571. The Morgan fingerprint density at radius 3 is 2.47 bits per heavy atom. The van der Waals surface area contributed by atoms with E-state index in [0.29, 0.717) is 29.5 Å². The van der Waals surface area contributed by atoms with Gasteiger partial charge in [0.15, 0.2) is 5.78 Å². The SMILES string of the molecule is CCN1CCN(C(=O)N(Cc2ccc(C(=O)CNC(=O)C(F)F)cn2)c2cccc(Cl)c2)CC1. The molecule has 3 rings (SSSR count). The number of carbonyl (C=O) groups excluding carboxylic acids is 3. The Bertz CT molecular complexity index is 1010. The minimum atomic E-state index is -3.19. The van der Waals surface area contributed by atoms with E-state index in [2.05, 4.69) is 16.8 Å². The zero-order chi connectivity index (χ0) is 24.7. The summed E-state index contributed by atoms with van der Waals surface area (Å²) in [5.41, 5.74) is 1.30. The van der Waals surface area contributed by atoms with Gasteiger partial charge in [-0.05, 0) is 36.9 Å². The molecule has 0 unspecified atom stereocenters. The topological polar surface area (TPSA) is 85.9 Å². The number of Topliss-reactive ketones (excluding diaryl/α,β-unsaturated/α-hetero) is 1. The fourth-order valence-electron chi connectivity index (χ4n) is 3.53. The number of piperazine rings is 1. The van der Waals surface area contributed by atoms with Crippen molar-refractivity contribution >= 4 is 35.0 Å². The Balaban J connectivity index is 1.73. The number of hydrogen-bond donors (Lipinski definition) is 1. The molecule has 1 saturated heterocycles. The zero-order valence-corrected chi connectivity index (χ0v) is 19.5. The highest BCUT2D eigenvalue weighted by Gasteiger charge is 2.26. The summed E-state index contributed by atoms with van der Waals surface area (Å²) in [4.78, 5) is 46.4. The lowest BCUT2D eigenvalue weighted by atomic mass is 10.1. The number of nitrogens with one attached hydrogen (secondary N) is 1. The number of rotatable bonds is 8. The molecule has 0 radical (unpaired) electrons. The molecule has 182 valence electrons. The summed E-state index contributed by atoms with van der Waals surface area (Å²) < 4.78 is 24.6. The Kier molecular flexibility index (Phi) is 8.89. The van der Waals surface area contributed by atoms with Crippen LogP contribution in [0.4, 0.5) is 19.3 Å². The minimum absolute atomic E-state index is 0.143. The maximum absolute atomic E-state index is 13.4. The van der Waals surface area contributed by atoms with Crippen LogP contribution in [0.1, 0.15) is 23.0 Å². The van der Waals surface area contributed by atoms with E-state index in [1.165, 1.54) is 12.3 Å². The number of carbonyl (C=O) groups is 3. The van der Waals surface area contributed by atoms with Gasteiger partial charge < -0.3 is 15.1 Å². The van der Waals surface area contributed by atoms with Crippen LogP contribution in [0.2, 0.25) is 5.02 Å². The molecule has 1 aromatic heterocycles. The molecule has 2 aromatic rings. The van der Waals surface area contributed by atoms with Gasteiger partial charge in [-0.25, -0.2) is 4.79 Å². The summed E-state index contributed by atoms with van der Waals surface area (Å²) in [6.07, 6.45) is -1.89. The van der Waals surface area contributed by atoms with Crippen molar-refractivity contribution in [3.8, 4) is 0 Å². The average Bonchev–Trinajstić information content (AvgIpc) is 2.85. The van der Waals surface area contributed by atoms with E-state index in [-0.39, 0.29) is 18.1 Å². The first-order valence-electron chi connectivity index (χ1n) is 10.9. The number of anilines is 1. The Morgan fingerprint density at radius 2 is 1.88 bits per heavy atom. The summed E-state index contributed by atoms with van der Waals surface area (Å²) in [6.45, 7) is 5.41. The fourth-order valence-corrected chi connectivity index (χ4v) is 3.72. The number of benzene rings is 1. The van der Waals surface area contributed by atoms with Gasteiger partial charge in [-0.1, -0.05) is 24.6 Å². The van der Waals surface area contributed by atoms with Gasteiger partial charge >= 0.3 is 12.5 Å². The minimum Gasteiger partial charge on any atom is -0.344 e. The Labute approximate surface area is 201 Å². The molecule has 0 aliphatic carbocycles. The van der Waals surface area contributed by atoms with Crippen molar-refractivity contribution in [2.45, 2.75) is 19.9 Å². The van der Waals surface area contributed by atoms with Crippen LogP contribution in [0.3, 0.4) is 0 Å². The van der Waals surface area contributed by atoms with E-state index in [1.54, 1.807) is 40.1 Å². The number of amides is 3. The molecule has 2 heterocycles. The molecule has 1 aliphatic rings. The lowest BCUT2D eigenvalue weighted by Gasteiger charge is -2.37. The van der Waals surface area contributed by atoms with Crippen molar-refractivity contribution in [2.24, 2.45) is 0 Å². The van der Waals surface area contributed by atoms with Crippen LogP contribution in [0.15, 0.2) is 42.6 Å². The van der Waals surface area contributed by atoms with E-state index in [0.717, 1.165) is 19.6 Å². The van der Waals surface area contributed by atoms with E-state index >= 15 is 0 Å². The number of halogens is 3. The van der Waals surface area contributed by atoms with Crippen LogP contribution in [0.5, 0.6) is 0 Å². The second kappa shape index (κ2) is 11.8. The third-order valence-corrected chi connectivity index (χ3v) is 5.76. The average molecular weight is 494 g/mol. The highest BCUT2D eigenvalue weighted by atomic mass is 35.5. The number of urea groups is 1. The van der Waals surface area contributed by atoms with Crippen LogP contribution in [0.25, 0.3) is 0 Å². The number of aromatic nitrogens is 1. The molecule has 1 aromatic carbocycles. The van der Waals surface area contributed by atoms with Crippen molar-refractivity contribution in [1.82, 2.24) is 20.1 Å². The first-order chi connectivity index (χ1) is 16.3. The smallest absolute Gasteiger partial charge is 0.324 e. The molecule has 11 heteroatoms. The highest BCUT2D eigenvalue weighted by molar-refractivity contribution is 6.30. The van der Waals surface area contributed by atoms with Crippen molar-refractivity contribution in [2.75, 3.05) is 44.2 Å². The van der Waals surface area contributed by atoms with E-state index in [1.807, 2.05) is 5.32 Å². The molecule has 0 bridgehead atoms. The van der Waals surface area contributed by atoms with Crippen LogP contribution in [0, 0.1) is 0 Å². The van der Waals surface area contributed by atoms with Crippen molar-refractivity contribution in [3.63, 3.8) is 0 Å². The molecule has 3 amide bonds. The first kappa shape index (κ1) is 25.5. The van der Waals surface area contributed by atoms with Crippen molar-refractivity contribution in [1.29, 1.82) is 0 Å². The van der Waals surface area contributed by atoms with Gasteiger partial charge in [0.2, 0.25) is 0 Å². The second-order valence-electron chi connectivity index (χ2n) is 7.75. The summed E-state index contributed by atoms with van der Waals surface area (Å²) in [5, 5.41) is 2.36. The van der Waals surface area contributed by atoms with Gasteiger partial charge in [0.05, 0.1) is 18.8 Å². The van der Waals surface area contributed by atoms with Gasteiger partial charge in [0, 0.05) is 48.6 Å². The lowest BCUT2D eigenvalue weighted by molar-refractivity contribution is -0.131. The molecular weight excluding hydrogens is 468 g/mol. The molecule has 0 spiro atoms. The predicted octanol–water partition coefficient (Wildman–Crippen LogP) is 3.06. The maximum atomic E-state index is 13.4. The van der Waals surface area contributed by atoms with Gasteiger partial charge in [-0.15, -0.1) is 0 Å². The molecular formula is C23H26ClF2N5O3. The number of alkyl halides is 2. The van der Waals surface area contributed by atoms with Crippen molar-refractivity contribution in [3.05, 3.63) is 58.9 Å². The number of hydrogen-bond acceptors (Lipinski definition) is 5. The number of nitrogens with zero attached hydrogens (tertiary/aromatic N) is 4. The van der Waals surface area contributed by atoms with Crippen molar-refractivity contribution < 1.29 is 23.2 Å². The molecule has 1 N–H and O–H groups in total. The Morgan fingerprint density at radius 1 is 1.15 bits per heavy atom. The Hall–Kier alpha value is -3.11. The summed E-state index contributed by atoms with van der Waals surface area (Å²) in [7, 11) is 0. The van der Waals surface area contributed by atoms with Crippen LogP contribution in [-0.2, 0) is 11.3 Å². The van der Waals surface area contributed by atoms with Gasteiger partial charge in [0.25, 0.3) is 5.91 Å². The van der Waals surface area contributed by atoms with Gasteiger partial charge in [-0.3, -0.25) is 19.5 Å². The molecule has 0 atom stereocenters. The molecule has 8 nitrogen and oxygen atoms in total. The molecule has 1 aliphatic heterocycles.